The van der Waals surface area contributed by atoms with Crippen molar-refractivity contribution in [1.82, 2.24) is 10.6 Å². The number of fused-ring (bicyclic) bond motifs is 3. The molecule has 0 bridgehead atoms. The van der Waals surface area contributed by atoms with Crippen LogP contribution >= 0.6 is 23.8 Å². The zero-order chi connectivity index (χ0) is 30.1. The normalized spacial score (nSPS) is 13.0. The number of rotatable bonds is 12. The van der Waals surface area contributed by atoms with Crippen molar-refractivity contribution < 1.29 is 23.5 Å². The van der Waals surface area contributed by atoms with Crippen molar-refractivity contribution in [2.45, 2.75) is 57.5 Å². The van der Waals surface area contributed by atoms with E-state index in [-0.39, 0.29) is 19.1 Å². The molecule has 3 aromatic rings. The van der Waals surface area contributed by atoms with Crippen LogP contribution in [0.4, 0.5) is 9.59 Å². The zero-order valence-corrected chi connectivity index (χ0v) is 26.7. The van der Waals surface area contributed by atoms with Gasteiger partial charge < -0.3 is 24.5 Å². The lowest BCUT2D eigenvalue weighted by Crippen LogP contribution is -2.45. The maximum atomic E-state index is 13.0. The quantitative estimate of drug-likeness (QED) is 0.121. The highest BCUT2D eigenvalue weighted by atomic mass is 35.5. The van der Waals surface area contributed by atoms with Crippen molar-refractivity contribution in [3.05, 3.63) is 94.5 Å². The number of halogens is 1. The minimum Gasteiger partial charge on any atom is -0.538 e. The number of unbranched alkanes of at least 4 members (excludes halogenated alkanes) is 1. The second-order valence-electron chi connectivity index (χ2n) is 11.1. The smallest absolute Gasteiger partial charge is 0.407 e. The lowest BCUT2D eigenvalue weighted by Gasteiger charge is -2.26. The number of carbonyl (C=O) groups is 2. The first-order valence-corrected chi connectivity index (χ1v) is 18.3. The Labute approximate surface area is 259 Å². The first-order chi connectivity index (χ1) is 20.1. The number of ether oxygens (including phenoxy) is 2. The topological polar surface area (TPSA) is 85.9 Å². The molecule has 3 aromatic carbocycles. The Morgan fingerprint density at radius 2 is 1.50 bits per heavy atom. The summed E-state index contributed by atoms with van der Waals surface area (Å²) >= 11 is 11.7. The van der Waals surface area contributed by atoms with Gasteiger partial charge in [-0.2, -0.15) is 0 Å². The van der Waals surface area contributed by atoms with Gasteiger partial charge in [-0.1, -0.05) is 78.3 Å². The molecule has 222 valence electrons. The summed E-state index contributed by atoms with van der Waals surface area (Å²) in [4.78, 5) is 25.1. The van der Waals surface area contributed by atoms with Crippen LogP contribution < -0.4 is 10.6 Å². The van der Waals surface area contributed by atoms with Crippen molar-refractivity contribution >= 4 is 49.4 Å². The van der Waals surface area contributed by atoms with Crippen LogP contribution in [0.2, 0.25) is 24.7 Å². The van der Waals surface area contributed by atoms with Crippen LogP contribution in [0.1, 0.15) is 41.9 Å². The average molecular weight is 625 g/mol. The number of amides is 2. The van der Waals surface area contributed by atoms with E-state index < -0.39 is 26.5 Å². The van der Waals surface area contributed by atoms with E-state index in [1.54, 1.807) is 6.07 Å². The predicted molar refractivity (Wildman–Crippen MR) is 173 cm³/mol. The molecule has 1 atom stereocenters. The summed E-state index contributed by atoms with van der Waals surface area (Å²) in [5.74, 6) is -0.0319. The molecule has 42 heavy (non-hydrogen) atoms. The van der Waals surface area contributed by atoms with Crippen LogP contribution in [-0.2, 0) is 20.5 Å². The second kappa shape index (κ2) is 14.7. The predicted octanol–water partition coefficient (Wildman–Crippen LogP) is 7.82. The third kappa shape index (κ3) is 8.80. The number of thiocarbonyl (C=S) groups is 1. The summed E-state index contributed by atoms with van der Waals surface area (Å²) in [7, 11) is -1.98. The van der Waals surface area contributed by atoms with Crippen molar-refractivity contribution in [3.8, 4) is 11.1 Å². The molecule has 0 saturated carbocycles. The Balaban J connectivity index is 1.26. The van der Waals surface area contributed by atoms with Gasteiger partial charge in [-0.15, -0.1) is 0 Å². The van der Waals surface area contributed by atoms with Crippen molar-refractivity contribution in [3.63, 3.8) is 0 Å². The molecule has 0 aromatic heterocycles. The molecule has 1 unspecified atom stereocenters. The van der Waals surface area contributed by atoms with Gasteiger partial charge >= 0.3 is 12.2 Å². The molecule has 0 fully saturated rings. The Hall–Kier alpha value is -3.40. The van der Waals surface area contributed by atoms with Gasteiger partial charge in [0.1, 0.15) is 13.2 Å². The fraction of sp³-hybridized carbons (Fsp3) is 0.344. The Bertz CT molecular complexity index is 1370. The summed E-state index contributed by atoms with van der Waals surface area (Å²) < 4.78 is 17.0. The fourth-order valence-electron chi connectivity index (χ4n) is 4.88. The van der Waals surface area contributed by atoms with Gasteiger partial charge in [0.25, 0.3) is 0 Å². The largest absolute Gasteiger partial charge is 0.538 e. The number of hydrogen-bond donors (Lipinski definition) is 2. The van der Waals surface area contributed by atoms with Crippen molar-refractivity contribution in [2.24, 2.45) is 0 Å². The van der Waals surface area contributed by atoms with E-state index in [0.717, 1.165) is 16.7 Å². The molecule has 10 heteroatoms. The minimum absolute atomic E-state index is 0.0319. The molecule has 1 aliphatic carbocycles. The number of benzene rings is 3. The van der Waals surface area contributed by atoms with Crippen LogP contribution in [0, 0.1) is 0 Å². The van der Waals surface area contributed by atoms with E-state index in [4.69, 9.17) is 37.7 Å². The highest BCUT2D eigenvalue weighted by Crippen LogP contribution is 2.44. The maximum absolute atomic E-state index is 13.0. The fourth-order valence-corrected chi connectivity index (χ4v) is 6.74. The van der Waals surface area contributed by atoms with Crippen molar-refractivity contribution in [2.75, 3.05) is 13.2 Å². The molecule has 0 radical (unpaired) electrons. The Morgan fingerprint density at radius 3 is 2.14 bits per heavy atom. The van der Waals surface area contributed by atoms with E-state index in [1.165, 1.54) is 11.1 Å². The molecule has 7 nitrogen and oxygen atoms in total. The van der Waals surface area contributed by atoms with Crippen LogP contribution in [0.25, 0.3) is 11.1 Å². The second-order valence-corrected chi connectivity index (χ2v) is 16.4. The van der Waals surface area contributed by atoms with Gasteiger partial charge in [-0.05, 0) is 79.4 Å². The van der Waals surface area contributed by atoms with E-state index in [1.807, 2.05) is 62.1 Å². The van der Waals surface area contributed by atoms with E-state index in [9.17, 15) is 9.59 Å². The molecular formula is C32H37ClN2O5SSi. The molecule has 0 aliphatic heterocycles. The Kier molecular flexibility index (Phi) is 11.0. The molecular weight excluding hydrogens is 588 g/mol. The molecule has 2 amide bonds. The van der Waals surface area contributed by atoms with E-state index in [0.29, 0.717) is 35.9 Å². The van der Waals surface area contributed by atoms with Crippen LogP contribution in [0.15, 0.2) is 72.8 Å². The highest BCUT2D eigenvalue weighted by Gasteiger charge is 2.30. The monoisotopic (exact) mass is 624 g/mol. The van der Waals surface area contributed by atoms with Gasteiger partial charge in [0.05, 0.1) is 6.04 Å². The summed E-state index contributed by atoms with van der Waals surface area (Å²) in [6.07, 6.45) is 0.850. The van der Waals surface area contributed by atoms with Crippen LogP contribution in [-0.4, -0.2) is 44.7 Å². The minimum atomic E-state index is -1.98. The maximum Gasteiger partial charge on any atom is 0.407 e. The average Bonchev–Trinajstić information content (AvgIpc) is 3.27. The number of alkyl carbamates (subject to hydrolysis) is 2. The molecule has 0 heterocycles. The first-order valence-electron chi connectivity index (χ1n) is 14.1. The third-order valence-electron chi connectivity index (χ3n) is 6.83. The molecule has 2 N–H and O–H groups in total. The molecule has 1 aliphatic rings. The van der Waals surface area contributed by atoms with Gasteiger partial charge in [0.2, 0.25) is 8.32 Å². The summed E-state index contributed by atoms with van der Waals surface area (Å²) in [6.45, 7) is 6.86. The summed E-state index contributed by atoms with van der Waals surface area (Å²) in [5.41, 5.74) is 5.39. The lowest BCUT2D eigenvalue weighted by atomic mass is 9.98. The number of nitrogens with one attached hydrogen (secondary N) is 2. The number of hydrogen-bond acceptors (Lipinski definition) is 6. The summed E-state index contributed by atoms with van der Waals surface area (Å²) in [5, 5.41) is 6.58. The zero-order valence-electron chi connectivity index (χ0n) is 24.2. The Morgan fingerprint density at radius 1 is 0.881 bits per heavy atom. The SMILES string of the molecule is C[Si](C)(C)OC(=S)C(CCCCNC(=O)OCc1ccccc1Cl)NC(=O)OCC1c2ccccc2-c2ccccc21. The van der Waals surface area contributed by atoms with E-state index >= 15 is 0 Å². The molecule has 4 rings (SSSR count). The number of carbonyl (C=O) groups excluding carboxylic acids is 2. The van der Waals surface area contributed by atoms with Gasteiger partial charge in [0, 0.05) is 23.0 Å². The van der Waals surface area contributed by atoms with Crippen molar-refractivity contribution in [1.29, 1.82) is 0 Å². The van der Waals surface area contributed by atoms with Gasteiger partial charge in [-0.3, -0.25) is 0 Å². The molecule has 0 saturated heterocycles. The highest BCUT2D eigenvalue weighted by molar-refractivity contribution is 7.80. The van der Waals surface area contributed by atoms with E-state index in [2.05, 4.69) is 34.9 Å². The lowest BCUT2D eigenvalue weighted by molar-refractivity contribution is 0.139. The first kappa shape index (κ1) is 31.5. The third-order valence-corrected chi connectivity index (χ3v) is 8.55. The van der Waals surface area contributed by atoms with Crippen LogP contribution in [0.3, 0.4) is 0 Å². The molecule has 0 spiro atoms. The van der Waals surface area contributed by atoms with Crippen LogP contribution in [0.5, 0.6) is 0 Å². The standard InChI is InChI=1S/C32H37ClN2O5SSi/c1-42(2,3)40-30(41)29(18-10-11-19-34-31(36)38-20-22-12-4-9-17-28(22)33)35-32(37)39-21-27-25-15-7-5-13-23(25)24-14-6-8-16-26(24)27/h4-9,12-17,27,29H,10-11,18-21H2,1-3H3,(H,34,36)(H,35,37). The summed E-state index contributed by atoms with van der Waals surface area (Å²) in [6, 6.07) is 23.2. The van der Waals surface area contributed by atoms with Gasteiger partial charge in [-0.25, -0.2) is 9.59 Å². The van der Waals surface area contributed by atoms with Gasteiger partial charge in [0.15, 0.2) is 5.05 Å².